The van der Waals surface area contributed by atoms with E-state index < -0.39 is 0 Å². The Balaban J connectivity index is 1.77. The summed E-state index contributed by atoms with van der Waals surface area (Å²) in [5.41, 5.74) is 2.18. The summed E-state index contributed by atoms with van der Waals surface area (Å²) in [5.74, 6) is 1.26. The second kappa shape index (κ2) is 6.53. The molecule has 0 aliphatic carbocycles. The van der Waals surface area contributed by atoms with Crippen molar-refractivity contribution in [3.8, 4) is 11.8 Å². The molecule has 2 N–H and O–H groups in total. The average molecular weight is 306 g/mol. The lowest BCUT2D eigenvalue weighted by Crippen LogP contribution is -1.99. The van der Waals surface area contributed by atoms with Crippen molar-refractivity contribution in [2.24, 2.45) is 0 Å². The number of aryl methyl sites for hydroxylation is 1. The molecular formula is C15H14N8. The number of nitrogens with one attached hydrogen (secondary N) is 2. The molecule has 0 spiro atoms. The highest BCUT2D eigenvalue weighted by molar-refractivity contribution is 5.74. The Labute approximate surface area is 132 Å². The molecule has 0 bridgehead atoms. The number of aromatic amines is 1. The summed E-state index contributed by atoms with van der Waals surface area (Å²) in [6.45, 7) is 2.07. The molecule has 8 heteroatoms. The van der Waals surface area contributed by atoms with Crippen molar-refractivity contribution in [3.63, 3.8) is 0 Å². The van der Waals surface area contributed by atoms with Gasteiger partial charge in [-0.25, -0.2) is 4.98 Å². The number of hydrogen-bond acceptors (Lipinski definition) is 6. The van der Waals surface area contributed by atoms with Gasteiger partial charge in [0.25, 0.3) is 0 Å². The number of anilines is 1. The summed E-state index contributed by atoms with van der Waals surface area (Å²) in [5, 5.41) is 25.5. The fourth-order valence-electron chi connectivity index (χ4n) is 2.13. The fourth-order valence-corrected chi connectivity index (χ4v) is 2.13. The SMILES string of the molecule is CCc1nccn1-c1ccc(NC=C(C#N)c2nn[nH]n2)cc1. The molecule has 0 aliphatic rings. The first kappa shape index (κ1) is 14.5. The fraction of sp³-hybridized carbons (Fsp3) is 0.133. The van der Waals surface area contributed by atoms with Crippen molar-refractivity contribution >= 4 is 11.3 Å². The number of H-pyrrole nitrogens is 1. The summed E-state index contributed by atoms with van der Waals surface area (Å²) in [7, 11) is 0. The van der Waals surface area contributed by atoms with Crippen LogP contribution in [0.25, 0.3) is 11.3 Å². The van der Waals surface area contributed by atoms with Crippen molar-refractivity contribution in [1.82, 2.24) is 30.2 Å². The van der Waals surface area contributed by atoms with E-state index >= 15 is 0 Å². The van der Waals surface area contributed by atoms with Gasteiger partial charge < -0.3 is 9.88 Å². The highest BCUT2D eigenvalue weighted by Gasteiger charge is 2.06. The van der Waals surface area contributed by atoms with Gasteiger partial charge in [0.1, 0.15) is 17.5 Å². The standard InChI is InChI=1S/C15H14N8/c1-2-14-17-7-8-23(14)13-5-3-12(4-6-13)18-10-11(9-16)15-19-21-22-20-15/h3-8,10,18H,2H2,1H3,(H,19,20,21,22). The zero-order valence-corrected chi connectivity index (χ0v) is 12.4. The van der Waals surface area contributed by atoms with Crippen LogP contribution < -0.4 is 5.32 Å². The van der Waals surface area contributed by atoms with Gasteiger partial charge in [0.15, 0.2) is 0 Å². The predicted molar refractivity (Wildman–Crippen MR) is 84.3 cm³/mol. The van der Waals surface area contributed by atoms with Crippen molar-refractivity contribution < 1.29 is 0 Å². The second-order valence-corrected chi connectivity index (χ2v) is 4.66. The van der Waals surface area contributed by atoms with Gasteiger partial charge in [-0.1, -0.05) is 6.92 Å². The molecule has 1 aromatic carbocycles. The first-order valence-corrected chi connectivity index (χ1v) is 7.05. The minimum Gasteiger partial charge on any atom is -0.360 e. The van der Waals surface area contributed by atoms with Crippen molar-refractivity contribution in [2.45, 2.75) is 13.3 Å². The van der Waals surface area contributed by atoms with E-state index in [1.54, 1.807) is 12.4 Å². The third kappa shape index (κ3) is 3.08. The van der Waals surface area contributed by atoms with E-state index in [0.29, 0.717) is 5.57 Å². The van der Waals surface area contributed by atoms with Gasteiger partial charge in [0.2, 0.25) is 5.82 Å². The van der Waals surface area contributed by atoms with E-state index in [9.17, 15) is 0 Å². The summed E-state index contributed by atoms with van der Waals surface area (Å²) in [6, 6.07) is 9.85. The molecule has 0 amide bonds. The lowest BCUT2D eigenvalue weighted by molar-refractivity contribution is 0.881. The molecule has 8 nitrogen and oxygen atoms in total. The Hall–Kier alpha value is -3.47. The van der Waals surface area contributed by atoms with E-state index in [4.69, 9.17) is 5.26 Å². The average Bonchev–Trinajstić information content (AvgIpc) is 3.27. The van der Waals surface area contributed by atoms with Crippen LogP contribution >= 0.6 is 0 Å². The van der Waals surface area contributed by atoms with Gasteiger partial charge in [-0.05, 0) is 29.5 Å². The summed E-state index contributed by atoms with van der Waals surface area (Å²) >= 11 is 0. The zero-order valence-electron chi connectivity index (χ0n) is 12.4. The Morgan fingerprint density at radius 2 is 2.22 bits per heavy atom. The van der Waals surface area contributed by atoms with Crippen LogP contribution in [-0.4, -0.2) is 30.2 Å². The van der Waals surface area contributed by atoms with Gasteiger partial charge in [-0.15, -0.1) is 10.2 Å². The van der Waals surface area contributed by atoms with Crippen LogP contribution in [0, 0.1) is 11.3 Å². The van der Waals surface area contributed by atoms with Gasteiger partial charge >= 0.3 is 0 Å². The molecule has 0 atom stereocenters. The van der Waals surface area contributed by atoms with Gasteiger partial charge in [-0.2, -0.15) is 10.5 Å². The number of aromatic nitrogens is 6. The molecule has 0 aliphatic heterocycles. The molecule has 3 aromatic rings. The van der Waals surface area contributed by atoms with Crippen molar-refractivity contribution in [3.05, 3.63) is 54.5 Å². The number of nitriles is 1. The number of tetrazole rings is 1. The minimum absolute atomic E-state index is 0.252. The molecule has 23 heavy (non-hydrogen) atoms. The van der Waals surface area contributed by atoms with E-state index in [2.05, 4.69) is 37.8 Å². The Kier molecular flexibility index (Phi) is 4.11. The Morgan fingerprint density at radius 3 is 2.87 bits per heavy atom. The number of benzene rings is 1. The van der Waals surface area contributed by atoms with Crippen LogP contribution in [0.15, 0.2) is 42.9 Å². The van der Waals surface area contributed by atoms with E-state index in [1.807, 2.05) is 41.1 Å². The maximum Gasteiger partial charge on any atom is 0.216 e. The third-order valence-corrected chi connectivity index (χ3v) is 3.27. The van der Waals surface area contributed by atoms with E-state index in [-0.39, 0.29) is 5.82 Å². The van der Waals surface area contributed by atoms with Crippen LogP contribution in [0.1, 0.15) is 18.6 Å². The molecule has 0 fully saturated rings. The number of hydrogen-bond donors (Lipinski definition) is 2. The Morgan fingerprint density at radius 1 is 1.39 bits per heavy atom. The number of nitrogens with zero attached hydrogens (tertiary/aromatic N) is 6. The Bertz CT molecular complexity index is 836. The van der Waals surface area contributed by atoms with Crippen molar-refractivity contribution in [2.75, 3.05) is 5.32 Å². The number of allylic oxidation sites excluding steroid dienone is 1. The van der Waals surface area contributed by atoms with Crippen molar-refractivity contribution in [1.29, 1.82) is 5.26 Å². The predicted octanol–water partition coefficient (Wildman–Crippen LogP) is 1.92. The summed E-state index contributed by atoms with van der Waals surface area (Å²) in [6.07, 6.45) is 6.14. The number of imidazole rings is 1. The largest absolute Gasteiger partial charge is 0.360 e. The molecule has 0 saturated carbocycles. The van der Waals surface area contributed by atoms with Crippen LogP contribution in [0.4, 0.5) is 5.69 Å². The van der Waals surface area contributed by atoms with E-state index in [1.165, 1.54) is 0 Å². The monoisotopic (exact) mass is 306 g/mol. The smallest absolute Gasteiger partial charge is 0.216 e. The van der Waals surface area contributed by atoms with Crippen LogP contribution in [0.2, 0.25) is 0 Å². The van der Waals surface area contributed by atoms with Crippen LogP contribution in [0.3, 0.4) is 0 Å². The molecule has 2 aromatic heterocycles. The highest BCUT2D eigenvalue weighted by Crippen LogP contribution is 2.16. The van der Waals surface area contributed by atoms with E-state index in [0.717, 1.165) is 23.6 Å². The lowest BCUT2D eigenvalue weighted by atomic mass is 10.2. The highest BCUT2D eigenvalue weighted by atomic mass is 15.5. The van der Waals surface area contributed by atoms with Crippen LogP contribution in [0.5, 0.6) is 0 Å². The quantitative estimate of drug-likeness (QED) is 0.697. The minimum atomic E-state index is 0.252. The maximum absolute atomic E-state index is 9.11. The topological polar surface area (TPSA) is 108 Å². The lowest BCUT2D eigenvalue weighted by Gasteiger charge is -2.08. The molecule has 3 rings (SSSR count). The zero-order chi connectivity index (χ0) is 16.1. The summed E-state index contributed by atoms with van der Waals surface area (Å²) in [4.78, 5) is 4.31. The van der Waals surface area contributed by atoms with Gasteiger partial charge in [0.05, 0.1) is 0 Å². The molecular weight excluding hydrogens is 292 g/mol. The normalized spacial score (nSPS) is 11.2. The first-order chi connectivity index (χ1) is 11.3. The molecule has 2 heterocycles. The first-order valence-electron chi connectivity index (χ1n) is 7.05. The number of rotatable bonds is 5. The molecule has 0 saturated heterocycles. The molecule has 0 unspecified atom stereocenters. The van der Waals surface area contributed by atoms with Crippen LogP contribution in [-0.2, 0) is 6.42 Å². The van der Waals surface area contributed by atoms with Gasteiger partial charge in [-0.3, -0.25) is 0 Å². The third-order valence-electron chi connectivity index (χ3n) is 3.27. The summed E-state index contributed by atoms with van der Waals surface area (Å²) < 4.78 is 2.04. The molecule has 114 valence electrons. The maximum atomic E-state index is 9.11. The molecule has 0 radical (unpaired) electrons. The second-order valence-electron chi connectivity index (χ2n) is 4.66. The van der Waals surface area contributed by atoms with Gasteiger partial charge in [0, 0.05) is 36.4 Å².